The van der Waals surface area contributed by atoms with Crippen molar-refractivity contribution in [3.8, 4) is 5.75 Å². The largest absolute Gasteiger partial charge is 0.494 e. The number of piperazine rings is 1. The summed E-state index contributed by atoms with van der Waals surface area (Å²) in [5, 5.41) is 1.39. The van der Waals surface area contributed by atoms with Gasteiger partial charge in [0.05, 0.1) is 21.5 Å². The smallest absolute Gasteiger partial charge is 0.270 e. The number of amides is 1. The quantitative estimate of drug-likeness (QED) is 0.596. The molecule has 0 unspecified atom stereocenters. The number of carbonyl (C=O) groups is 1. The fourth-order valence-electron chi connectivity index (χ4n) is 3.57. The highest BCUT2D eigenvalue weighted by atomic mass is 35.5. The zero-order valence-corrected chi connectivity index (χ0v) is 19.1. The maximum absolute atomic E-state index is 13.0. The van der Waals surface area contributed by atoms with E-state index < -0.39 is 10.0 Å². The van der Waals surface area contributed by atoms with Gasteiger partial charge in [0, 0.05) is 43.1 Å². The average molecular weight is 482 g/mol. The fraction of sp³-hybridized carbons (Fsp3) is 0.286. The number of nitrogens with one attached hydrogen (secondary N) is 1. The van der Waals surface area contributed by atoms with Crippen LogP contribution in [0.4, 0.5) is 0 Å². The molecule has 10 heteroatoms. The van der Waals surface area contributed by atoms with Crippen LogP contribution in [0, 0.1) is 0 Å². The summed E-state index contributed by atoms with van der Waals surface area (Å²) in [5.41, 5.74) is 1.28. The second-order valence-corrected chi connectivity index (χ2v) is 9.89. The number of hydrogen-bond acceptors (Lipinski definition) is 4. The van der Waals surface area contributed by atoms with E-state index in [0.717, 1.165) is 16.7 Å². The Hall–Kier alpha value is -2.26. The van der Waals surface area contributed by atoms with Gasteiger partial charge < -0.3 is 14.6 Å². The summed E-state index contributed by atoms with van der Waals surface area (Å²) in [7, 11) is -3.72. The molecule has 1 aromatic heterocycles. The summed E-state index contributed by atoms with van der Waals surface area (Å²) in [5.74, 6) is 0.567. The third-order valence-corrected chi connectivity index (χ3v) is 7.82. The highest BCUT2D eigenvalue weighted by molar-refractivity contribution is 7.89. The highest BCUT2D eigenvalue weighted by Crippen LogP contribution is 2.27. The van der Waals surface area contributed by atoms with Gasteiger partial charge in [0.1, 0.15) is 11.4 Å². The lowest BCUT2D eigenvalue weighted by Gasteiger charge is -2.33. The van der Waals surface area contributed by atoms with Crippen LogP contribution in [0.2, 0.25) is 10.0 Å². The third-order valence-electron chi connectivity index (χ3n) is 5.19. The summed E-state index contributed by atoms with van der Waals surface area (Å²) >= 11 is 11.9. The lowest BCUT2D eigenvalue weighted by atomic mass is 10.2. The molecule has 164 valence electrons. The van der Waals surface area contributed by atoms with Gasteiger partial charge in [-0.25, -0.2) is 8.42 Å². The number of carbonyl (C=O) groups excluding carboxylic acids is 1. The molecule has 0 atom stereocenters. The minimum absolute atomic E-state index is 0.0856. The maximum Gasteiger partial charge on any atom is 0.270 e. The van der Waals surface area contributed by atoms with Crippen LogP contribution < -0.4 is 4.74 Å². The first kappa shape index (κ1) is 22.0. The number of H-pyrrole nitrogens is 1. The normalized spacial score (nSPS) is 15.4. The summed E-state index contributed by atoms with van der Waals surface area (Å²) in [6.45, 7) is 3.45. The van der Waals surface area contributed by atoms with Gasteiger partial charge in [0.2, 0.25) is 10.0 Å². The first-order valence-corrected chi connectivity index (χ1v) is 12.0. The maximum atomic E-state index is 13.0. The van der Waals surface area contributed by atoms with Gasteiger partial charge in [-0.3, -0.25) is 4.79 Å². The molecule has 0 saturated carbocycles. The zero-order valence-electron chi connectivity index (χ0n) is 16.8. The molecule has 0 aliphatic carbocycles. The third kappa shape index (κ3) is 4.39. The van der Waals surface area contributed by atoms with Crippen molar-refractivity contribution < 1.29 is 17.9 Å². The molecule has 2 heterocycles. The van der Waals surface area contributed by atoms with Crippen LogP contribution in [0.25, 0.3) is 10.9 Å². The number of nitrogens with zero attached hydrogens (tertiary/aromatic N) is 2. The Morgan fingerprint density at radius 1 is 1.03 bits per heavy atom. The lowest BCUT2D eigenvalue weighted by molar-refractivity contribution is 0.0693. The molecule has 31 heavy (non-hydrogen) atoms. The van der Waals surface area contributed by atoms with Crippen molar-refractivity contribution in [3.63, 3.8) is 0 Å². The van der Waals surface area contributed by atoms with Crippen molar-refractivity contribution in [1.29, 1.82) is 0 Å². The van der Waals surface area contributed by atoms with Gasteiger partial charge in [0.25, 0.3) is 5.91 Å². The van der Waals surface area contributed by atoms with E-state index in [-0.39, 0.29) is 28.9 Å². The standard InChI is InChI=1S/C21H21Cl2N3O4S/c1-2-30-15-4-3-14-11-20(24-19(14)12-15)21(27)25-7-9-26(10-8-25)31(28,29)16-5-6-17(22)18(23)13-16/h3-6,11-13,24H,2,7-10H2,1H3. The number of ether oxygens (including phenoxy) is 1. The Kier molecular flexibility index (Phi) is 6.16. The first-order chi connectivity index (χ1) is 14.8. The van der Waals surface area contributed by atoms with E-state index in [9.17, 15) is 13.2 Å². The zero-order chi connectivity index (χ0) is 22.2. The Labute approximate surface area is 190 Å². The molecular formula is C21H21Cl2N3O4S. The highest BCUT2D eigenvalue weighted by Gasteiger charge is 2.31. The van der Waals surface area contributed by atoms with E-state index in [0.29, 0.717) is 30.4 Å². The molecule has 1 aliphatic heterocycles. The molecule has 1 saturated heterocycles. The fourth-order valence-corrected chi connectivity index (χ4v) is 5.38. The molecule has 0 spiro atoms. The molecule has 7 nitrogen and oxygen atoms in total. The lowest BCUT2D eigenvalue weighted by Crippen LogP contribution is -2.50. The van der Waals surface area contributed by atoms with Crippen molar-refractivity contribution in [2.75, 3.05) is 32.8 Å². The minimum atomic E-state index is -3.72. The SMILES string of the molecule is CCOc1ccc2cc(C(=O)N3CCN(S(=O)(=O)c4ccc(Cl)c(Cl)c4)CC3)[nH]c2c1. The van der Waals surface area contributed by atoms with Gasteiger partial charge in [-0.2, -0.15) is 4.31 Å². The predicted octanol–water partition coefficient (Wildman–Crippen LogP) is 4.02. The Morgan fingerprint density at radius 3 is 2.45 bits per heavy atom. The van der Waals surface area contributed by atoms with E-state index in [1.54, 1.807) is 11.0 Å². The topological polar surface area (TPSA) is 82.7 Å². The molecule has 3 aromatic rings. The number of aromatic amines is 1. The van der Waals surface area contributed by atoms with E-state index in [1.165, 1.54) is 22.5 Å². The van der Waals surface area contributed by atoms with E-state index in [4.69, 9.17) is 27.9 Å². The van der Waals surface area contributed by atoms with Crippen molar-refractivity contribution in [1.82, 2.24) is 14.2 Å². The van der Waals surface area contributed by atoms with Gasteiger partial charge in [-0.1, -0.05) is 23.2 Å². The number of rotatable bonds is 5. The first-order valence-electron chi connectivity index (χ1n) is 9.79. The van der Waals surface area contributed by atoms with Crippen molar-refractivity contribution >= 4 is 50.0 Å². The van der Waals surface area contributed by atoms with Crippen LogP contribution in [0.1, 0.15) is 17.4 Å². The minimum Gasteiger partial charge on any atom is -0.494 e. The molecule has 1 aliphatic rings. The Bertz CT molecular complexity index is 1230. The number of halogens is 2. The van der Waals surface area contributed by atoms with E-state index in [1.807, 2.05) is 25.1 Å². The van der Waals surface area contributed by atoms with E-state index in [2.05, 4.69) is 4.98 Å². The van der Waals surface area contributed by atoms with Gasteiger partial charge in [0.15, 0.2) is 0 Å². The van der Waals surface area contributed by atoms with Crippen LogP contribution in [0.3, 0.4) is 0 Å². The second kappa shape index (κ2) is 8.70. The molecule has 1 N–H and O–H groups in total. The number of aromatic nitrogens is 1. The average Bonchev–Trinajstić information content (AvgIpc) is 3.19. The van der Waals surface area contributed by atoms with Crippen LogP contribution in [0.5, 0.6) is 5.75 Å². The van der Waals surface area contributed by atoms with Crippen LogP contribution in [-0.4, -0.2) is 61.3 Å². The monoisotopic (exact) mass is 481 g/mol. The number of benzene rings is 2. The predicted molar refractivity (Wildman–Crippen MR) is 121 cm³/mol. The number of fused-ring (bicyclic) bond motifs is 1. The van der Waals surface area contributed by atoms with Crippen LogP contribution >= 0.6 is 23.2 Å². The van der Waals surface area contributed by atoms with Gasteiger partial charge >= 0.3 is 0 Å². The number of sulfonamides is 1. The van der Waals surface area contributed by atoms with Gasteiger partial charge in [-0.05, 0) is 43.3 Å². The molecular weight excluding hydrogens is 461 g/mol. The number of hydrogen-bond donors (Lipinski definition) is 1. The summed E-state index contributed by atoms with van der Waals surface area (Å²) in [4.78, 5) is 17.8. The molecule has 4 rings (SSSR count). The van der Waals surface area contributed by atoms with Crippen molar-refractivity contribution in [3.05, 3.63) is 58.2 Å². The summed E-state index contributed by atoms with van der Waals surface area (Å²) in [6.07, 6.45) is 0. The second-order valence-electron chi connectivity index (χ2n) is 7.14. The molecule has 1 fully saturated rings. The van der Waals surface area contributed by atoms with Crippen LogP contribution in [-0.2, 0) is 10.0 Å². The summed E-state index contributed by atoms with van der Waals surface area (Å²) in [6, 6.07) is 11.7. The van der Waals surface area contributed by atoms with Crippen LogP contribution in [0.15, 0.2) is 47.4 Å². The van der Waals surface area contributed by atoms with Gasteiger partial charge in [-0.15, -0.1) is 0 Å². The summed E-state index contributed by atoms with van der Waals surface area (Å²) < 4.78 is 32.7. The molecule has 2 aromatic carbocycles. The molecule has 0 radical (unpaired) electrons. The molecule has 0 bridgehead atoms. The Morgan fingerprint density at radius 2 is 1.77 bits per heavy atom. The van der Waals surface area contributed by atoms with E-state index >= 15 is 0 Å². The van der Waals surface area contributed by atoms with Crippen molar-refractivity contribution in [2.24, 2.45) is 0 Å². The molecule has 1 amide bonds. The van der Waals surface area contributed by atoms with Crippen molar-refractivity contribution in [2.45, 2.75) is 11.8 Å². The Balaban J connectivity index is 1.46.